The van der Waals surface area contributed by atoms with Crippen LogP contribution in [0.1, 0.15) is 31.9 Å². The minimum atomic E-state index is -0.336. The predicted octanol–water partition coefficient (Wildman–Crippen LogP) is 6.80. The molecule has 0 radical (unpaired) electrons. The summed E-state index contributed by atoms with van der Waals surface area (Å²) in [6.45, 7) is 14.3. The Morgan fingerprint density at radius 1 is 1.04 bits per heavy atom. The van der Waals surface area contributed by atoms with Gasteiger partial charge in [-0.05, 0) is 42.4 Å². The van der Waals surface area contributed by atoms with E-state index in [0.717, 1.165) is 17.8 Å². The fourth-order valence-corrected chi connectivity index (χ4v) is 4.18. The van der Waals surface area contributed by atoms with Crippen molar-refractivity contribution in [3.05, 3.63) is 78.4 Å². The number of rotatable bonds is 4. The van der Waals surface area contributed by atoms with Crippen molar-refractivity contribution in [2.24, 2.45) is 10.9 Å². The monoisotopic (exact) mass is 368 g/mol. The number of para-hydroxylation sites is 1. The number of benzene rings is 3. The summed E-state index contributed by atoms with van der Waals surface area (Å²) in [7, 11) is 0. The topological polar surface area (TPSA) is 15.6 Å². The lowest BCUT2D eigenvalue weighted by Crippen LogP contribution is -2.46. The molecular formula is C26H28N2. The number of hydrogen-bond donors (Lipinski definition) is 0. The van der Waals surface area contributed by atoms with E-state index in [9.17, 15) is 0 Å². The van der Waals surface area contributed by atoms with Gasteiger partial charge in [0.15, 0.2) is 0 Å². The molecule has 4 rings (SSSR count). The molecule has 0 N–H and O–H groups in total. The van der Waals surface area contributed by atoms with Gasteiger partial charge in [0.2, 0.25) is 0 Å². The minimum Gasteiger partial charge on any atom is -0.356 e. The predicted molar refractivity (Wildman–Crippen MR) is 123 cm³/mol. The summed E-state index contributed by atoms with van der Waals surface area (Å²) in [5.74, 6) is 0.547. The summed E-state index contributed by atoms with van der Waals surface area (Å²) >= 11 is 0. The zero-order valence-electron chi connectivity index (χ0n) is 17.2. The average Bonchev–Trinajstić information content (AvgIpc) is 2.89. The molecule has 3 aromatic rings. The van der Waals surface area contributed by atoms with Crippen LogP contribution in [0, 0.1) is 12.8 Å². The first-order valence-corrected chi connectivity index (χ1v) is 10.0. The molecule has 0 saturated heterocycles. The van der Waals surface area contributed by atoms with Crippen molar-refractivity contribution in [1.29, 1.82) is 0 Å². The smallest absolute Gasteiger partial charge is 0.0980 e. The Morgan fingerprint density at radius 3 is 2.54 bits per heavy atom. The number of hydrogen-bond acceptors (Lipinski definition) is 2. The summed E-state index contributed by atoms with van der Waals surface area (Å²) in [6.07, 6.45) is 2.10. The van der Waals surface area contributed by atoms with Crippen molar-refractivity contribution >= 4 is 33.9 Å². The van der Waals surface area contributed by atoms with Crippen molar-refractivity contribution in [2.45, 2.75) is 33.2 Å². The maximum absolute atomic E-state index is 5.05. The van der Waals surface area contributed by atoms with E-state index < -0.39 is 0 Å². The fraction of sp³-hybridized carbons (Fsp3) is 0.269. The highest BCUT2D eigenvalue weighted by Crippen LogP contribution is 2.46. The fourth-order valence-electron chi connectivity index (χ4n) is 4.18. The molecule has 1 aliphatic rings. The lowest BCUT2D eigenvalue weighted by molar-refractivity contribution is 0.575. The summed E-state index contributed by atoms with van der Waals surface area (Å²) in [5.41, 5.74) is 5.50. The van der Waals surface area contributed by atoms with Gasteiger partial charge in [-0.2, -0.15) is 0 Å². The molecule has 1 atom stereocenters. The quantitative estimate of drug-likeness (QED) is 0.462. The molecule has 0 saturated carbocycles. The van der Waals surface area contributed by atoms with Gasteiger partial charge in [-0.15, -0.1) is 0 Å². The van der Waals surface area contributed by atoms with Gasteiger partial charge in [0, 0.05) is 29.4 Å². The first-order valence-electron chi connectivity index (χ1n) is 10.0. The zero-order chi connectivity index (χ0) is 19.9. The first kappa shape index (κ1) is 18.5. The van der Waals surface area contributed by atoms with Gasteiger partial charge in [-0.3, -0.25) is 4.99 Å². The summed E-state index contributed by atoms with van der Waals surface area (Å²) in [4.78, 5) is 7.51. The molecule has 0 aliphatic carbocycles. The Morgan fingerprint density at radius 2 is 1.75 bits per heavy atom. The number of aryl methyl sites for hydroxylation is 1. The van der Waals surface area contributed by atoms with Crippen molar-refractivity contribution < 1.29 is 0 Å². The molecule has 0 fully saturated rings. The SMILES string of the molecule is C=C1c2ccccc2N(CC(C)C)C1(C)C=Nc1c(C)ccc2ccccc12. The maximum Gasteiger partial charge on any atom is 0.0980 e. The van der Waals surface area contributed by atoms with Gasteiger partial charge in [0.25, 0.3) is 0 Å². The molecule has 28 heavy (non-hydrogen) atoms. The van der Waals surface area contributed by atoms with E-state index in [4.69, 9.17) is 4.99 Å². The van der Waals surface area contributed by atoms with Gasteiger partial charge >= 0.3 is 0 Å². The normalized spacial score (nSPS) is 19.2. The molecule has 0 spiro atoms. The Hall–Kier alpha value is -2.87. The zero-order valence-corrected chi connectivity index (χ0v) is 17.2. The first-order chi connectivity index (χ1) is 13.4. The number of fused-ring (bicyclic) bond motifs is 2. The highest BCUT2D eigenvalue weighted by molar-refractivity contribution is 6.05. The summed E-state index contributed by atoms with van der Waals surface area (Å²) in [5, 5.41) is 2.41. The molecule has 3 aromatic carbocycles. The second-order valence-corrected chi connectivity index (χ2v) is 8.36. The Kier molecular flexibility index (Phi) is 4.58. The molecule has 0 amide bonds. The van der Waals surface area contributed by atoms with E-state index in [0.29, 0.717) is 5.92 Å². The Labute approximate surface area is 168 Å². The van der Waals surface area contributed by atoms with Crippen LogP contribution < -0.4 is 4.90 Å². The molecule has 1 heterocycles. The van der Waals surface area contributed by atoms with Crippen LogP contribution in [0.25, 0.3) is 16.3 Å². The number of nitrogens with zero attached hydrogens (tertiary/aromatic N) is 2. The molecule has 2 heteroatoms. The standard InChI is InChI=1S/C26H28N2/c1-18(2)16-28-24-13-9-8-11-22(24)20(4)26(28,5)17-27-25-19(3)14-15-21-10-6-7-12-23(21)25/h6-15,17-18H,4,16H2,1-3,5H3. The van der Waals surface area contributed by atoms with Crippen LogP contribution in [0.4, 0.5) is 11.4 Å². The van der Waals surface area contributed by atoms with Gasteiger partial charge in [0.05, 0.1) is 11.2 Å². The highest BCUT2D eigenvalue weighted by atomic mass is 15.2. The molecule has 2 nitrogen and oxygen atoms in total. The van der Waals surface area contributed by atoms with Crippen LogP contribution >= 0.6 is 0 Å². The van der Waals surface area contributed by atoms with Crippen LogP contribution in [-0.4, -0.2) is 18.3 Å². The Balaban J connectivity index is 1.82. The van der Waals surface area contributed by atoms with E-state index >= 15 is 0 Å². The van der Waals surface area contributed by atoms with Gasteiger partial charge in [-0.1, -0.05) is 75.0 Å². The lowest BCUT2D eigenvalue weighted by atomic mass is 9.92. The highest BCUT2D eigenvalue weighted by Gasteiger charge is 2.42. The van der Waals surface area contributed by atoms with Crippen LogP contribution in [0.15, 0.2) is 72.2 Å². The van der Waals surface area contributed by atoms with Crippen molar-refractivity contribution in [3.8, 4) is 0 Å². The van der Waals surface area contributed by atoms with Gasteiger partial charge in [-0.25, -0.2) is 0 Å². The largest absolute Gasteiger partial charge is 0.356 e. The van der Waals surface area contributed by atoms with Crippen LogP contribution in [0.3, 0.4) is 0 Å². The second-order valence-electron chi connectivity index (χ2n) is 8.36. The number of anilines is 1. The average molecular weight is 369 g/mol. The molecule has 142 valence electrons. The Bertz CT molecular complexity index is 1080. The van der Waals surface area contributed by atoms with Gasteiger partial charge < -0.3 is 4.90 Å². The maximum atomic E-state index is 5.05. The van der Waals surface area contributed by atoms with Crippen LogP contribution in [0.5, 0.6) is 0 Å². The third-order valence-electron chi connectivity index (χ3n) is 5.79. The number of aliphatic imine (C=N–C) groups is 1. The van der Waals surface area contributed by atoms with Crippen LogP contribution in [0.2, 0.25) is 0 Å². The van der Waals surface area contributed by atoms with Crippen molar-refractivity contribution in [3.63, 3.8) is 0 Å². The van der Waals surface area contributed by atoms with Crippen molar-refractivity contribution in [1.82, 2.24) is 0 Å². The molecule has 1 aliphatic heterocycles. The molecule has 1 unspecified atom stereocenters. The molecular weight excluding hydrogens is 340 g/mol. The van der Waals surface area contributed by atoms with E-state index in [2.05, 4.69) is 106 Å². The van der Waals surface area contributed by atoms with Gasteiger partial charge in [0.1, 0.15) is 0 Å². The third-order valence-corrected chi connectivity index (χ3v) is 5.79. The summed E-state index contributed by atoms with van der Waals surface area (Å²) in [6, 6.07) is 21.4. The van der Waals surface area contributed by atoms with E-state index in [1.807, 2.05) is 0 Å². The van der Waals surface area contributed by atoms with E-state index in [1.54, 1.807) is 0 Å². The second kappa shape index (κ2) is 6.94. The van der Waals surface area contributed by atoms with E-state index in [1.165, 1.54) is 27.6 Å². The van der Waals surface area contributed by atoms with E-state index in [-0.39, 0.29) is 5.54 Å². The van der Waals surface area contributed by atoms with Crippen molar-refractivity contribution in [2.75, 3.05) is 11.4 Å². The minimum absolute atomic E-state index is 0.336. The third kappa shape index (κ3) is 2.93. The molecule has 0 aromatic heterocycles. The molecule has 0 bridgehead atoms. The van der Waals surface area contributed by atoms with Crippen LogP contribution in [-0.2, 0) is 0 Å². The lowest BCUT2D eigenvalue weighted by Gasteiger charge is -2.36. The summed E-state index contributed by atoms with van der Waals surface area (Å²) < 4.78 is 0.